The number of likely N-dealkylation sites (tertiary alicyclic amines) is 1. The molecular weight excluding hydrogens is 388 g/mol. The zero-order valence-corrected chi connectivity index (χ0v) is 18.7. The van der Waals surface area contributed by atoms with Crippen LogP contribution in [0.2, 0.25) is 0 Å². The van der Waals surface area contributed by atoms with Crippen molar-refractivity contribution < 1.29 is 13.2 Å². The first-order chi connectivity index (χ1) is 14.0. The molecule has 29 heavy (non-hydrogen) atoms. The number of nitrogens with one attached hydrogen (secondary N) is 1. The van der Waals surface area contributed by atoms with Crippen molar-refractivity contribution in [3.8, 4) is 0 Å². The quantitative estimate of drug-likeness (QED) is 0.555. The summed E-state index contributed by atoms with van der Waals surface area (Å²) in [6.45, 7) is 11.1. The van der Waals surface area contributed by atoms with E-state index in [2.05, 4.69) is 29.0 Å². The molecule has 1 aromatic rings. The monoisotopic (exact) mass is 424 g/mol. The van der Waals surface area contributed by atoms with Gasteiger partial charge in [0.15, 0.2) is 9.84 Å². The number of hydrogen-bond acceptors (Lipinski definition) is 5. The number of hydrogen-bond donors (Lipinski definition) is 1. The van der Waals surface area contributed by atoms with Crippen molar-refractivity contribution in [2.45, 2.75) is 31.6 Å². The van der Waals surface area contributed by atoms with Crippen molar-refractivity contribution in [3.05, 3.63) is 30.3 Å². The van der Waals surface area contributed by atoms with Crippen molar-refractivity contribution in [3.63, 3.8) is 0 Å². The van der Waals surface area contributed by atoms with Gasteiger partial charge in [-0.15, -0.1) is 0 Å². The average molecular weight is 425 g/mol. The highest BCUT2D eigenvalue weighted by Crippen LogP contribution is 2.11. The Balaban J connectivity index is 1.93. The van der Waals surface area contributed by atoms with Crippen molar-refractivity contribution >= 4 is 15.9 Å². The molecule has 0 saturated carbocycles. The maximum Gasteiger partial charge on any atom is 0.317 e. The van der Waals surface area contributed by atoms with E-state index in [1.165, 1.54) is 12.8 Å². The van der Waals surface area contributed by atoms with Gasteiger partial charge in [0.1, 0.15) is 0 Å². The smallest absolute Gasteiger partial charge is 0.317 e. The van der Waals surface area contributed by atoms with E-state index in [9.17, 15) is 13.2 Å². The Kier molecular flexibility index (Phi) is 9.90. The number of carbonyl (C=O) groups is 1. The maximum absolute atomic E-state index is 12.7. The summed E-state index contributed by atoms with van der Waals surface area (Å²) in [4.78, 5) is 19.3. The lowest BCUT2D eigenvalue weighted by Crippen LogP contribution is -2.47. The maximum atomic E-state index is 12.7. The molecule has 0 unspecified atom stereocenters. The zero-order valence-electron chi connectivity index (χ0n) is 17.8. The van der Waals surface area contributed by atoms with Crippen LogP contribution in [0, 0.1) is 0 Å². The molecule has 1 aliphatic rings. The van der Waals surface area contributed by atoms with E-state index in [4.69, 9.17) is 0 Å². The van der Waals surface area contributed by atoms with Crippen molar-refractivity contribution in [1.82, 2.24) is 20.0 Å². The molecule has 1 N–H and O–H groups in total. The van der Waals surface area contributed by atoms with Crippen LogP contribution in [0.5, 0.6) is 0 Å². The van der Waals surface area contributed by atoms with E-state index in [1.54, 1.807) is 35.2 Å². The van der Waals surface area contributed by atoms with Crippen LogP contribution in [0.3, 0.4) is 0 Å². The van der Waals surface area contributed by atoms with E-state index in [-0.39, 0.29) is 18.3 Å². The second kappa shape index (κ2) is 12.1. The molecule has 2 rings (SSSR count). The number of rotatable bonds is 12. The number of benzene rings is 1. The Morgan fingerprint density at radius 2 is 1.69 bits per heavy atom. The van der Waals surface area contributed by atoms with E-state index in [1.807, 2.05) is 0 Å². The summed E-state index contributed by atoms with van der Waals surface area (Å²) in [5.74, 6) is -0.0690. The zero-order chi connectivity index (χ0) is 21.1. The number of carbonyl (C=O) groups excluding carboxylic acids is 1. The minimum atomic E-state index is -3.41. The molecule has 0 spiro atoms. The predicted octanol–water partition coefficient (Wildman–Crippen LogP) is 1.91. The summed E-state index contributed by atoms with van der Waals surface area (Å²) < 4.78 is 25.3. The average Bonchev–Trinajstić information content (AvgIpc) is 3.25. The highest BCUT2D eigenvalue weighted by molar-refractivity contribution is 7.91. The van der Waals surface area contributed by atoms with Crippen molar-refractivity contribution in [2.75, 3.05) is 64.7 Å². The van der Waals surface area contributed by atoms with E-state index >= 15 is 0 Å². The summed E-state index contributed by atoms with van der Waals surface area (Å²) in [6, 6.07) is 8.27. The van der Waals surface area contributed by atoms with Gasteiger partial charge < -0.3 is 20.0 Å². The van der Waals surface area contributed by atoms with Crippen LogP contribution in [-0.4, -0.2) is 93.8 Å². The van der Waals surface area contributed by atoms with Gasteiger partial charge in [0.2, 0.25) is 0 Å². The summed E-state index contributed by atoms with van der Waals surface area (Å²) in [5.41, 5.74) is 0. The second-order valence-corrected chi connectivity index (χ2v) is 9.54. The summed E-state index contributed by atoms with van der Waals surface area (Å²) in [7, 11) is -3.41. The van der Waals surface area contributed by atoms with Gasteiger partial charge in [0, 0.05) is 32.7 Å². The van der Waals surface area contributed by atoms with E-state index in [0.717, 1.165) is 39.3 Å². The Morgan fingerprint density at radius 3 is 2.31 bits per heavy atom. The van der Waals surface area contributed by atoms with Gasteiger partial charge >= 0.3 is 6.03 Å². The van der Waals surface area contributed by atoms with Crippen LogP contribution in [0.4, 0.5) is 4.79 Å². The lowest BCUT2D eigenvalue weighted by atomic mass is 10.4. The normalized spacial score (nSPS) is 15.0. The van der Waals surface area contributed by atoms with Gasteiger partial charge in [-0.1, -0.05) is 32.0 Å². The topological polar surface area (TPSA) is 73.0 Å². The minimum absolute atomic E-state index is 0.0690. The molecule has 8 heteroatoms. The Hall–Kier alpha value is -1.64. The molecule has 0 aliphatic carbocycles. The van der Waals surface area contributed by atoms with Crippen LogP contribution in [-0.2, 0) is 9.84 Å². The molecule has 164 valence electrons. The highest BCUT2D eigenvalue weighted by Gasteiger charge is 2.21. The summed E-state index contributed by atoms with van der Waals surface area (Å²) in [5, 5.41) is 2.97. The van der Waals surface area contributed by atoms with Crippen LogP contribution >= 0.6 is 0 Å². The molecule has 1 aliphatic heterocycles. The number of likely N-dealkylation sites (N-methyl/N-ethyl adjacent to an activating group) is 1. The van der Waals surface area contributed by atoms with Gasteiger partial charge in [-0.3, -0.25) is 0 Å². The van der Waals surface area contributed by atoms with Gasteiger partial charge in [0.25, 0.3) is 0 Å². The number of nitrogens with zero attached hydrogens (tertiary/aromatic N) is 3. The lowest BCUT2D eigenvalue weighted by molar-refractivity contribution is 0.189. The molecule has 2 amide bonds. The standard InChI is InChI=1S/C21H36N4O3S/c1-3-23(4-2)15-12-22-21(26)25(17-16-24-13-8-9-14-24)18-19-29(27,28)20-10-6-5-7-11-20/h5-7,10-11H,3-4,8-9,12-19H2,1-2H3,(H,22,26). The Morgan fingerprint density at radius 1 is 1.03 bits per heavy atom. The predicted molar refractivity (Wildman–Crippen MR) is 117 cm³/mol. The number of amides is 2. The SMILES string of the molecule is CCN(CC)CCNC(=O)N(CCN1CCCC1)CCS(=O)(=O)c1ccccc1. The molecule has 0 atom stereocenters. The fourth-order valence-electron chi connectivity index (χ4n) is 3.53. The first-order valence-corrected chi connectivity index (χ1v) is 12.4. The molecule has 0 bridgehead atoms. The molecule has 0 aromatic heterocycles. The van der Waals surface area contributed by atoms with Crippen LogP contribution in [0.25, 0.3) is 0 Å². The van der Waals surface area contributed by atoms with Gasteiger partial charge in [-0.05, 0) is 51.2 Å². The van der Waals surface area contributed by atoms with E-state index < -0.39 is 9.84 Å². The molecule has 1 heterocycles. The fourth-order valence-corrected chi connectivity index (χ4v) is 4.80. The second-order valence-electron chi connectivity index (χ2n) is 7.43. The highest BCUT2D eigenvalue weighted by atomic mass is 32.2. The van der Waals surface area contributed by atoms with Crippen LogP contribution < -0.4 is 5.32 Å². The minimum Gasteiger partial charge on any atom is -0.337 e. The third-order valence-electron chi connectivity index (χ3n) is 5.50. The molecule has 1 saturated heterocycles. The van der Waals surface area contributed by atoms with E-state index in [0.29, 0.717) is 18.0 Å². The molecular formula is C21H36N4O3S. The lowest BCUT2D eigenvalue weighted by Gasteiger charge is -2.26. The molecule has 1 aromatic carbocycles. The Bertz CT molecular complexity index is 702. The molecule has 7 nitrogen and oxygen atoms in total. The first kappa shape index (κ1) is 23.6. The molecule has 0 radical (unpaired) electrons. The summed E-state index contributed by atoms with van der Waals surface area (Å²) >= 11 is 0. The molecule has 1 fully saturated rings. The third-order valence-corrected chi connectivity index (χ3v) is 7.21. The van der Waals surface area contributed by atoms with Crippen molar-refractivity contribution in [1.29, 1.82) is 0 Å². The largest absolute Gasteiger partial charge is 0.337 e. The van der Waals surface area contributed by atoms with Crippen LogP contribution in [0.1, 0.15) is 26.7 Å². The van der Waals surface area contributed by atoms with Crippen molar-refractivity contribution in [2.24, 2.45) is 0 Å². The van der Waals surface area contributed by atoms with Gasteiger partial charge in [0.05, 0.1) is 10.6 Å². The summed E-state index contributed by atoms with van der Waals surface area (Å²) in [6.07, 6.45) is 2.39. The van der Waals surface area contributed by atoms with Gasteiger partial charge in [-0.2, -0.15) is 0 Å². The first-order valence-electron chi connectivity index (χ1n) is 10.7. The van der Waals surface area contributed by atoms with Crippen LogP contribution in [0.15, 0.2) is 35.2 Å². The Labute approximate surface area is 176 Å². The number of sulfone groups is 1. The fraction of sp³-hybridized carbons (Fsp3) is 0.667. The van der Waals surface area contributed by atoms with Gasteiger partial charge in [-0.25, -0.2) is 13.2 Å². The number of urea groups is 1. The third kappa shape index (κ3) is 7.95.